The third-order valence-corrected chi connectivity index (χ3v) is 21.3. The smallest absolute Gasteiger partial charge is 0.353 e. The van der Waals surface area contributed by atoms with Gasteiger partial charge in [-0.3, -0.25) is 64.8 Å². The largest absolute Gasteiger partial charge is 0.481 e. The molecule has 1 unspecified atom stereocenters. The van der Waals surface area contributed by atoms with Crippen LogP contribution in [0.25, 0.3) is 0 Å². The molecule has 0 saturated carbocycles. The fraction of sp³-hybridized carbons (Fsp3) is 0.272. The molecule has 126 heavy (non-hydrogen) atoms. The Morgan fingerprint density at radius 1 is 0.397 bits per heavy atom. The van der Waals surface area contributed by atoms with E-state index < -0.39 is 138 Å². The molecule has 0 fully saturated rings. The highest BCUT2D eigenvalue weighted by Crippen LogP contribution is 2.30. The van der Waals surface area contributed by atoms with Crippen LogP contribution < -0.4 is 52.5 Å². The molecule has 0 saturated heterocycles. The number of thiophene rings is 4. The van der Waals surface area contributed by atoms with Gasteiger partial charge in [-0.25, -0.2) is 41.9 Å². The number of nitrogens with two attached hydrogens (primary N) is 4. The quantitative estimate of drug-likeness (QED) is 0.00745. The number of aliphatic carboxylic acids is 7. The van der Waals surface area contributed by atoms with Crippen molar-refractivity contribution in [3.8, 4) is 23.0 Å². The van der Waals surface area contributed by atoms with Crippen LogP contribution in [0.15, 0.2) is 127 Å². The van der Waals surface area contributed by atoms with Crippen LogP contribution in [-0.4, -0.2) is 196 Å². The second-order valence-corrected chi connectivity index (χ2v) is 31.2. The van der Waals surface area contributed by atoms with E-state index in [1.165, 1.54) is 71.6 Å². The molecular weight excluding hydrogens is 1740 g/mol. The summed E-state index contributed by atoms with van der Waals surface area (Å²) in [5.74, 6) is -18.8. The minimum atomic E-state index is -1.54. The standard InChI is InChI=1S/C22H25N3O7S.C20H20FN3O7S.C20H22FN3O5S.C19H18FN3O7S/c1-2-3-13(20(28)25-16(21(29)30)11-18(26)27)10-15-8-9-17(33-15)22(31)32-14-6-4-12(5-7-14)19(23)24;21-13-9-11(19(22)23)1-4-14(13)31-20(30)15-5-2-12(32-15)3-6-16(25)24(10-18(28)29)8-7-17(26)27;1-2-9-24(11-18(26)27)17(25)8-5-13-4-7-16(30-13)20(28)29-15-6-3-12(19(22)23)10-14(15)21;20-11-7-9(17(21)22)1-4-13(11)30-19(29)14-5-2-10(31-14)3-6-15(24)23-12(18(27)28)8-16(25)26/h4-9,13,16H,2-3,10-11H2,1H3,(H3,23,24)(H,25,28)(H,26,27)(H,29,30);1-2,4-5,9H,3,6-8,10H2,(H3,22,23)(H,26,27)(H,28,29);3-4,6-7,10H,2,5,8-9,11H2,1H3,(H3,22,23)(H,26,27);1-2,4-5,7,12H,3,6,8H2,(H3,21,22)(H,23,24)(H,25,26)(H,27,28)/t13?,16-;;;12-/m0..1/s1. The molecule has 0 aliphatic heterocycles. The fourth-order valence-electron chi connectivity index (χ4n) is 10.7. The first-order valence-electron chi connectivity index (χ1n) is 37.2. The highest BCUT2D eigenvalue weighted by Gasteiger charge is 2.30. The third kappa shape index (κ3) is 34.7. The van der Waals surface area contributed by atoms with Crippen molar-refractivity contribution in [2.45, 2.75) is 109 Å². The van der Waals surface area contributed by atoms with Gasteiger partial charge in [-0.15, -0.1) is 45.3 Å². The van der Waals surface area contributed by atoms with Gasteiger partial charge in [0.15, 0.2) is 34.7 Å². The molecule has 0 spiro atoms. The van der Waals surface area contributed by atoms with Gasteiger partial charge < -0.3 is 98.1 Å². The lowest BCUT2D eigenvalue weighted by Gasteiger charge is -2.19. The summed E-state index contributed by atoms with van der Waals surface area (Å²) in [4.78, 5) is 180. The first-order valence-corrected chi connectivity index (χ1v) is 40.5. The summed E-state index contributed by atoms with van der Waals surface area (Å²) < 4.78 is 62.5. The number of carboxylic acids is 7. The molecular formula is C81H85F3N12O26S4. The molecule has 45 heteroatoms. The van der Waals surface area contributed by atoms with Crippen LogP contribution in [0, 0.1) is 45.0 Å². The van der Waals surface area contributed by atoms with Gasteiger partial charge in [-0.2, -0.15) is 0 Å². The lowest BCUT2D eigenvalue weighted by atomic mass is 9.97. The molecule has 8 aromatic rings. The number of nitrogens with zero attached hydrogens (tertiary/aromatic N) is 2. The molecule has 4 aromatic carbocycles. The minimum absolute atomic E-state index is 0.0803. The molecule has 0 bridgehead atoms. The van der Waals surface area contributed by atoms with E-state index in [4.69, 9.17) is 99.3 Å². The van der Waals surface area contributed by atoms with Gasteiger partial charge in [-0.1, -0.05) is 20.3 Å². The van der Waals surface area contributed by atoms with E-state index in [0.29, 0.717) is 58.2 Å². The Bertz CT molecular complexity index is 5380. The first-order chi connectivity index (χ1) is 59.4. The van der Waals surface area contributed by atoms with Gasteiger partial charge in [0.05, 0.1) is 19.3 Å². The average Bonchev–Trinajstić information content (AvgIpc) is 1.52. The van der Waals surface area contributed by atoms with Crippen molar-refractivity contribution < 1.29 is 140 Å². The van der Waals surface area contributed by atoms with Gasteiger partial charge in [-0.05, 0) is 166 Å². The van der Waals surface area contributed by atoms with E-state index in [2.05, 4.69) is 10.6 Å². The van der Waals surface area contributed by atoms with Gasteiger partial charge in [0.1, 0.15) is 73.8 Å². The van der Waals surface area contributed by atoms with Crippen molar-refractivity contribution in [3.05, 3.63) is 206 Å². The van der Waals surface area contributed by atoms with Gasteiger partial charge in [0.2, 0.25) is 23.6 Å². The fourth-order valence-corrected chi connectivity index (χ4v) is 14.3. The van der Waals surface area contributed by atoms with Gasteiger partial charge in [0, 0.05) is 80.0 Å². The van der Waals surface area contributed by atoms with E-state index in [1.54, 1.807) is 42.5 Å². The summed E-state index contributed by atoms with van der Waals surface area (Å²) in [6, 6.07) is 26.2. The number of esters is 4. The summed E-state index contributed by atoms with van der Waals surface area (Å²) >= 11 is 4.31. The lowest BCUT2D eigenvalue weighted by Crippen LogP contribution is -2.45. The van der Waals surface area contributed by atoms with Crippen molar-refractivity contribution in [1.82, 2.24) is 20.4 Å². The van der Waals surface area contributed by atoms with Crippen molar-refractivity contribution in [2.24, 2.45) is 28.9 Å². The summed E-state index contributed by atoms with van der Waals surface area (Å²) in [5.41, 5.74) is 22.2. The predicted molar refractivity (Wildman–Crippen MR) is 448 cm³/mol. The number of benzene rings is 4. The number of halogens is 3. The maximum atomic E-state index is 14.0. The van der Waals surface area contributed by atoms with Crippen molar-refractivity contribution in [2.75, 3.05) is 26.2 Å². The zero-order valence-electron chi connectivity index (χ0n) is 66.7. The van der Waals surface area contributed by atoms with E-state index in [1.807, 2.05) is 13.8 Å². The number of nitrogens with one attached hydrogen (secondary N) is 6. The number of aryl methyl sites for hydroxylation is 3. The number of carboxylic acid groups (broad SMARTS) is 7. The van der Waals surface area contributed by atoms with E-state index in [-0.39, 0.29) is 136 Å². The first kappa shape index (κ1) is 102. The van der Waals surface area contributed by atoms with Crippen LogP contribution in [0.4, 0.5) is 13.2 Å². The number of hydrogen-bond donors (Lipinski definition) is 17. The SMILES string of the molecule is CCCC(Cc1ccc(C(=O)Oc2ccc(C(=N)N)cc2)s1)C(=O)N[C@@H](CC(=O)O)C(=O)O.CCCN(CC(=O)O)C(=O)CCc1ccc(C(=O)Oc2ccc(C(=N)N)cc2F)s1.N=C(N)c1ccc(OC(=O)c2ccc(CCC(=O)N(CCC(=O)O)CC(=O)O)s2)c(F)c1.N=C(N)c1ccc(OC(=O)c2ccc(CCC(=O)N[C@H](CC(=O)O)C(=O)O)s2)c(F)c1. The Morgan fingerprint density at radius 2 is 0.738 bits per heavy atom. The maximum Gasteiger partial charge on any atom is 0.353 e. The van der Waals surface area contributed by atoms with Crippen LogP contribution in [0.2, 0.25) is 0 Å². The van der Waals surface area contributed by atoms with Gasteiger partial charge in [0.25, 0.3) is 0 Å². The number of carbonyl (C=O) groups excluding carboxylic acids is 8. The second kappa shape index (κ2) is 50.1. The molecule has 0 aliphatic carbocycles. The molecule has 0 aliphatic rings. The van der Waals surface area contributed by atoms with Crippen LogP contribution in [0.1, 0.15) is 152 Å². The number of ether oxygens (including phenoxy) is 4. The van der Waals surface area contributed by atoms with E-state index in [9.17, 15) is 85.1 Å². The molecule has 8 rings (SSSR count). The van der Waals surface area contributed by atoms with E-state index in [0.717, 1.165) is 78.2 Å². The van der Waals surface area contributed by atoms with Crippen molar-refractivity contribution >= 4 is 158 Å². The summed E-state index contributed by atoms with van der Waals surface area (Å²) in [6.45, 7) is 2.92. The Morgan fingerprint density at radius 3 is 1.07 bits per heavy atom. The monoisotopic (exact) mass is 1830 g/mol. The molecule has 38 nitrogen and oxygen atoms in total. The third-order valence-electron chi connectivity index (χ3n) is 16.8. The second-order valence-electron chi connectivity index (χ2n) is 26.5. The molecule has 4 heterocycles. The number of carbonyl (C=O) groups is 15. The Hall–Kier alpha value is -14.6. The summed E-state index contributed by atoms with van der Waals surface area (Å²) in [7, 11) is 0. The Balaban J connectivity index is 0.000000298. The van der Waals surface area contributed by atoms with Crippen LogP contribution in [0.5, 0.6) is 23.0 Å². The number of hydrogen-bond acceptors (Lipinski definition) is 27. The number of nitrogen functional groups attached to an aromatic ring is 4. The van der Waals surface area contributed by atoms with Crippen LogP contribution in [0.3, 0.4) is 0 Å². The van der Waals surface area contributed by atoms with Crippen molar-refractivity contribution in [1.29, 1.82) is 21.6 Å². The maximum absolute atomic E-state index is 14.0. The van der Waals surface area contributed by atoms with Crippen LogP contribution >= 0.6 is 45.3 Å². The zero-order chi connectivity index (χ0) is 93.8. The highest BCUT2D eigenvalue weighted by atomic mass is 32.1. The van der Waals surface area contributed by atoms with Crippen molar-refractivity contribution in [3.63, 3.8) is 0 Å². The normalized spacial score (nSPS) is 11.2. The number of rotatable bonds is 43. The number of amides is 4. The average molecular weight is 1830 g/mol. The zero-order valence-corrected chi connectivity index (χ0v) is 70.0. The van der Waals surface area contributed by atoms with Gasteiger partial charge >= 0.3 is 65.7 Å². The van der Waals surface area contributed by atoms with Crippen LogP contribution in [-0.2, 0) is 78.4 Å². The summed E-state index contributed by atoms with van der Waals surface area (Å²) in [5, 5.41) is 95.8. The molecule has 4 aromatic heterocycles. The van der Waals surface area contributed by atoms with E-state index >= 15 is 0 Å². The topological polar surface area (TPSA) is 665 Å². The molecule has 21 N–H and O–H groups in total. The Labute approximate surface area is 729 Å². The molecule has 3 atom stereocenters. The molecule has 670 valence electrons. The molecule has 4 amide bonds. The number of amidine groups is 4. The predicted octanol–water partition coefficient (Wildman–Crippen LogP) is 7.98. The summed E-state index contributed by atoms with van der Waals surface area (Å²) in [6.07, 6.45) is 0.816. The highest BCUT2D eigenvalue weighted by molar-refractivity contribution is 7.15. The minimum Gasteiger partial charge on any atom is -0.481 e. The Kier molecular flexibility index (Phi) is 40.5. The lowest BCUT2D eigenvalue weighted by molar-refractivity contribution is -0.147. The molecule has 0 radical (unpaired) electrons.